The fraction of sp³-hybridized carbons (Fsp3) is 0.412. The first-order valence-electron chi connectivity index (χ1n) is 7.81. The second-order valence-electron chi connectivity index (χ2n) is 5.94. The van der Waals surface area contributed by atoms with Gasteiger partial charge in [-0.15, -0.1) is 11.8 Å². The number of carbonyl (C=O) groups is 1. The van der Waals surface area contributed by atoms with Crippen LogP contribution in [0, 0.1) is 11.8 Å². The smallest absolute Gasteiger partial charge is 0.242 e. The standard InChI is InChI=1S/C17H20N2O5S2/c1-17(2)15(18-11-14(25-17)26(22)23)16(21)19-12-5-7-13(8-6-12)24-10-4-3-9-20/h5-8,15,18,20H,9-11H2,1-2H3,(H,19,21). The lowest BCUT2D eigenvalue weighted by atomic mass is 10.0. The minimum atomic E-state index is -2.27. The number of amides is 1. The van der Waals surface area contributed by atoms with Crippen LogP contribution in [-0.4, -0.2) is 54.2 Å². The zero-order valence-corrected chi connectivity index (χ0v) is 16.0. The molecule has 1 heterocycles. The molecule has 0 saturated carbocycles. The van der Waals surface area contributed by atoms with E-state index in [2.05, 4.69) is 22.5 Å². The van der Waals surface area contributed by atoms with Crippen LogP contribution in [0.5, 0.6) is 5.75 Å². The van der Waals surface area contributed by atoms with Gasteiger partial charge in [0.25, 0.3) is 0 Å². The Hall–Kier alpha value is -1.99. The number of hydrogen-bond donors (Lipinski definition) is 3. The molecule has 26 heavy (non-hydrogen) atoms. The van der Waals surface area contributed by atoms with Gasteiger partial charge < -0.3 is 15.2 Å². The second kappa shape index (κ2) is 9.09. The van der Waals surface area contributed by atoms with E-state index in [1.165, 1.54) is 11.8 Å². The quantitative estimate of drug-likeness (QED) is 0.503. The zero-order chi connectivity index (χ0) is 19.2. The molecule has 1 saturated heterocycles. The summed E-state index contributed by atoms with van der Waals surface area (Å²) in [6.45, 7) is 3.76. The Morgan fingerprint density at radius 2 is 2.08 bits per heavy atom. The first kappa shape index (κ1) is 20.3. The lowest BCUT2D eigenvalue weighted by Crippen LogP contribution is -2.57. The maximum atomic E-state index is 12.6. The van der Waals surface area contributed by atoms with Gasteiger partial charge in [-0.3, -0.25) is 10.1 Å². The van der Waals surface area contributed by atoms with Gasteiger partial charge in [-0.25, -0.2) is 0 Å². The van der Waals surface area contributed by atoms with Crippen LogP contribution in [0.25, 0.3) is 0 Å². The average molecular weight is 396 g/mol. The van der Waals surface area contributed by atoms with E-state index in [0.29, 0.717) is 15.6 Å². The highest BCUT2D eigenvalue weighted by atomic mass is 32.2. The van der Waals surface area contributed by atoms with Crippen LogP contribution in [0.15, 0.2) is 24.3 Å². The van der Waals surface area contributed by atoms with Crippen LogP contribution in [0.3, 0.4) is 0 Å². The maximum absolute atomic E-state index is 12.6. The molecule has 0 aromatic heterocycles. The molecule has 0 bridgehead atoms. The molecule has 1 atom stereocenters. The van der Waals surface area contributed by atoms with Crippen LogP contribution >= 0.6 is 11.8 Å². The fourth-order valence-electron chi connectivity index (χ4n) is 2.40. The fourth-order valence-corrected chi connectivity index (χ4v) is 4.56. The van der Waals surface area contributed by atoms with Gasteiger partial charge in [0.2, 0.25) is 16.2 Å². The Bertz CT molecular complexity index is 843. The number of aliphatic hydroxyl groups excluding tert-OH is 1. The van der Waals surface area contributed by atoms with E-state index in [1.54, 1.807) is 24.3 Å². The summed E-state index contributed by atoms with van der Waals surface area (Å²) in [5.41, 5.74) is 0.605. The Labute approximate surface area is 158 Å². The molecule has 3 N–H and O–H groups in total. The SMILES string of the molecule is CC1(C)SC(=S(=O)=O)CNC1C(=O)Nc1ccc(OCC#CCO)cc1. The van der Waals surface area contributed by atoms with Gasteiger partial charge in [-0.2, -0.15) is 8.42 Å². The summed E-state index contributed by atoms with van der Waals surface area (Å²) in [4.78, 5) is 12.6. The number of ether oxygens (including phenoxy) is 1. The molecule has 7 nitrogen and oxygen atoms in total. The van der Waals surface area contributed by atoms with Crippen LogP contribution < -0.4 is 15.4 Å². The molecule has 1 fully saturated rings. The summed E-state index contributed by atoms with van der Waals surface area (Å²) in [7, 11) is -2.27. The van der Waals surface area contributed by atoms with Gasteiger partial charge in [-0.1, -0.05) is 11.8 Å². The van der Waals surface area contributed by atoms with E-state index < -0.39 is 21.1 Å². The topological polar surface area (TPSA) is 105 Å². The highest BCUT2D eigenvalue weighted by Crippen LogP contribution is 2.33. The monoisotopic (exact) mass is 396 g/mol. The van der Waals surface area contributed by atoms with E-state index in [9.17, 15) is 13.2 Å². The van der Waals surface area contributed by atoms with Gasteiger partial charge >= 0.3 is 0 Å². The van der Waals surface area contributed by atoms with Crippen molar-refractivity contribution in [1.82, 2.24) is 5.32 Å². The minimum Gasteiger partial charge on any atom is -0.481 e. The molecule has 9 heteroatoms. The minimum absolute atomic E-state index is 0.143. The van der Waals surface area contributed by atoms with Crippen molar-refractivity contribution in [2.75, 3.05) is 25.1 Å². The number of aliphatic hydroxyl groups is 1. The van der Waals surface area contributed by atoms with Crippen molar-refractivity contribution >= 4 is 37.8 Å². The summed E-state index contributed by atoms with van der Waals surface area (Å²) in [6.07, 6.45) is 0. The van der Waals surface area contributed by atoms with Gasteiger partial charge in [0, 0.05) is 17.0 Å². The third kappa shape index (κ3) is 5.51. The van der Waals surface area contributed by atoms with Crippen LogP contribution in [0.4, 0.5) is 5.69 Å². The van der Waals surface area contributed by atoms with Gasteiger partial charge in [-0.05, 0) is 38.1 Å². The highest BCUT2D eigenvalue weighted by molar-refractivity contribution is 8.22. The van der Waals surface area contributed by atoms with Crippen LogP contribution in [0.2, 0.25) is 0 Å². The van der Waals surface area contributed by atoms with Gasteiger partial charge in [0.15, 0.2) is 0 Å². The molecule has 1 aliphatic rings. The third-order valence-corrected chi connectivity index (χ3v) is 5.92. The Kier molecular flexibility index (Phi) is 7.11. The summed E-state index contributed by atoms with van der Waals surface area (Å²) in [6, 6.07) is 6.29. The molecule has 2 rings (SSSR count). The number of thioether (sulfide) groups is 1. The number of anilines is 1. The molecule has 1 aromatic carbocycles. The number of hydrogen-bond acceptors (Lipinski definition) is 7. The molecule has 1 aromatic rings. The summed E-state index contributed by atoms with van der Waals surface area (Å²) in [5.74, 6) is 5.49. The Morgan fingerprint density at radius 3 is 2.65 bits per heavy atom. The highest BCUT2D eigenvalue weighted by Gasteiger charge is 2.40. The number of rotatable bonds is 4. The number of benzene rings is 1. The van der Waals surface area contributed by atoms with Crippen molar-refractivity contribution in [2.24, 2.45) is 0 Å². The molecular formula is C17H20N2O5S2. The summed E-state index contributed by atoms with van der Waals surface area (Å²) >= 11 is 1.19. The van der Waals surface area contributed by atoms with E-state index in [1.807, 2.05) is 13.8 Å². The Balaban J connectivity index is 1.98. The molecule has 140 valence electrons. The molecule has 1 amide bonds. The van der Waals surface area contributed by atoms with E-state index in [0.717, 1.165) is 0 Å². The molecule has 0 aliphatic carbocycles. The number of carbonyl (C=O) groups excluding carboxylic acids is 1. The van der Waals surface area contributed by atoms with Crippen LogP contribution in [0.1, 0.15) is 13.8 Å². The van der Waals surface area contributed by atoms with Crippen molar-refractivity contribution in [3.8, 4) is 17.6 Å². The van der Waals surface area contributed by atoms with Gasteiger partial charge in [0.05, 0.1) is 0 Å². The van der Waals surface area contributed by atoms with Crippen molar-refractivity contribution < 1.29 is 23.1 Å². The van der Waals surface area contributed by atoms with Crippen molar-refractivity contribution in [3.63, 3.8) is 0 Å². The molecule has 0 radical (unpaired) electrons. The largest absolute Gasteiger partial charge is 0.481 e. The maximum Gasteiger partial charge on any atom is 0.242 e. The van der Waals surface area contributed by atoms with Crippen molar-refractivity contribution in [1.29, 1.82) is 0 Å². The van der Waals surface area contributed by atoms with E-state index in [4.69, 9.17) is 9.84 Å². The zero-order valence-electron chi connectivity index (χ0n) is 14.4. The van der Waals surface area contributed by atoms with Crippen molar-refractivity contribution in [3.05, 3.63) is 24.3 Å². The normalized spacial score (nSPS) is 18.4. The number of nitrogens with one attached hydrogen (secondary N) is 2. The van der Waals surface area contributed by atoms with Crippen molar-refractivity contribution in [2.45, 2.75) is 24.6 Å². The lowest BCUT2D eigenvalue weighted by molar-refractivity contribution is -0.118. The second-order valence-corrected chi connectivity index (χ2v) is 8.91. The molecule has 1 unspecified atom stereocenters. The average Bonchev–Trinajstić information content (AvgIpc) is 2.59. The van der Waals surface area contributed by atoms with Crippen LogP contribution in [-0.2, 0) is 15.1 Å². The lowest BCUT2D eigenvalue weighted by Gasteiger charge is -2.37. The van der Waals surface area contributed by atoms with E-state index >= 15 is 0 Å². The summed E-state index contributed by atoms with van der Waals surface area (Å²) < 4.78 is 27.3. The molecule has 1 aliphatic heterocycles. The van der Waals surface area contributed by atoms with Gasteiger partial charge in [0.1, 0.15) is 29.2 Å². The Morgan fingerprint density at radius 1 is 1.38 bits per heavy atom. The predicted molar refractivity (Wildman–Crippen MR) is 103 cm³/mol. The van der Waals surface area contributed by atoms with E-state index in [-0.39, 0.29) is 25.7 Å². The molecule has 0 spiro atoms. The summed E-state index contributed by atoms with van der Waals surface area (Å²) in [5, 5.41) is 14.4. The first-order valence-corrected chi connectivity index (χ1v) is 9.70. The predicted octanol–water partition coefficient (Wildman–Crippen LogP) is 0.492. The third-order valence-electron chi connectivity index (χ3n) is 3.61. The molecular weight excluding hydrogens is 376 g/mol. The first-order chi connectivity index (χ1) is 12.3.